The topological polar surface area (TPSA) is 102 Å². The van der Waals surface area contributed by atoms with Crippen molar-refractivity contribution >= 4 is 17.9 Å². The lowest BCUT2D eigenvalue weighted by Crippen LogP contribution is -2.51. The van der Waals surface area contributed by atoms with Crippen LogP contribution in [0.25, 0.3) is 0 Å². The molecular formula is C13H23N3O4. The van der Waals surface area contributed by atoms with Crippen LogP contribution in [-0.4, -0.2) is 47.0 Å². The number of nitrogens with zero attached hydrogens (tertiary/aromatic N) is 1. The van der Waals surface area contributed by atoms with Crippen LogP contribution in [0.15, 0.2) is 0 Å². The molecule has 0 aromatic heterocycles. The van der Waals surface area contributed by atoms with E-state index in [1.54, 1.807) is 20.8 Å². The maximum atomic E-state index is 12.1. The van der Waals surface area contributed by atoms with E-state index < -0.39 is 29.7 Å². The summed E-state index contributed by atoms with van der Waals surface area (Å²) in [5.41, 5.74) is 4.49. The van der Waals surface area contributed by atoms with E-state index in [0.717, 1.165) is 6.42 Å². The maximum Gasteiger partial charge on any atom is 0.410 e. The minimum absolute atomic E-state index is 0.375. The Morgan fingerprint density at radius 2 is 1.95 bits per heavy atom. The molecule has 3 amide bonds. The number of nitrogens with two attached hydrogens (primary N) is 1. The molecule has 1 saturated heterocycles. The molecule has 1 aliphatic heterocycles. The Balaban J connectivity index is 2.67. The quantitative estimate of drug-likeness (QED) is 0.782. The molecule has 114 valence electrons. The highest BCUT2D eigenvalue weighted by atomic mass is 16.6. The predicted molar refractivity (Wildman–Crippen MR) is 72.8 cm³/mol. The highest BCUT2D eigenvalue weighted by Gasteiger charge is 2.37. The lowest BCUT2D eigenvalue weighted by molar-refractivity contribution is -0.129. The zero-order valence-corrected chi connectivity index (χ0v) is 12.4. The van der Waals surface area contributed by atoms with Gasteiger partial charge < -0.3 is 15.8 Å². The molecule has 0 aliphatic carbocycles. The fourth-order valence-corrected chi connectivity index (χ4v) is 1.96. The highest BCUT2D eigenvalue weighted by molar-refractivity contribution is 5.90. The molecule has 2 atom stereocenters. The molecule has 0 spiro atoms. The third-order valence-corrected chi connectivity index (χ3v) is 2.97. The Hall–Kier alpha value is -1.79. The summed E-state index contributed by atoms with van der Waals surface area (Å²) in [5, 5.41) is 2.51. The molecule has 1 rings (SSSR count). The summed E-state index contributed by atoms with van der Waals surface area (Å²) >= 11 is 0. The zero-order chi connectivity index (χ0) is 15.5. The number of ether oxygens (including phenoxy) is 1. The summed E-state index contributed by atoms with van der Waals surface area (Å²) in [4.78, 5) is 36.5. The van der Waals surface area contributed by atoms with Crippen molar-refractivity contribution in [3.63, 3.8) is 0 Å². The van der Waals surface area contributed by atoms with Crippen LogP contribution in [0.3, 0.4) is 0 Å². The third kappa shape index (κ3) is 4.40. The van der Waals surface area contributed by atoms with E-state index in [0.29, 0.717) is 13.0 Å². The molecule has 1 aliphatic rings. The Bertz CT molecular complexity index is 403. The number of hydrogen-bond donors (Lipinski definition) is 2. The van der Waals surface area contributed by atoms with Crippen LogP contribution in [0.4, 0.5) is 4.79 Å². The summed E-state index contributed by atoms with van der Waals surface area (Å²) in [6.07, 6.45) is 0.764. The molecular weight excluding hydrogens is 262 g/mol. The first-order valence-electron chi connectivity index (χ1n) is 6.71. The van der Waals surface area contributed by atoms with Crippen molar-refractivity contribution < 1.29 is 19.1 Å². The Kier molecular flexibility index (Phi) is 4.97. The highest BCUT2D eigenvalue weighted by Crippen LogP contribution is 2.21. The fraction of sp³-hybridized carbons (Fsp3) is 0.769. The van der Waals surface area contributed by atoms with Gasteiger partial charge in [-0.3, -0.25) is 14.5 Å². The van der Waals surface area contributed by atoms with Gasteiger partial charge in [0.2, 0.25) is 11.8 Å². The van der Waals surface area contributed by atoms with Crippen LogP contribution >= 0.6 is 0 Å². The van der Waals surface area contributed by atoms with Gasteiger partial charge in [0.05, 0.1) is 0 Å². The summed E-state index contributed by atoms with van der Waals surface area (Å²) in [6, 6.07) is -1.37. The van der Waals surface area contributed by atoms with Crippen molar-refractivity contribution in [3.05, 3.63) is 0 Å². The molecule has 1 unspecified atom stereocenters. The smallest absolute Gasteiger partial charge is 0.410 e. The molecule has 1 fully saturated rings. The van der Waals surface area contributed by atoms with Gasteiger partial charge >= 0.3 is 6.09 Å². The van der Waals surface area contributed by atoms with E-state index in [1.807, 2.05) is 0 Å². The van der Waals surface area contributed by atoms with Gasteiger partial charge in [-0.1, -0.05) is 0 Å². The molecule has 20 heavy (non-hydrogen) atoms. The van der Waals surface area contributed by atoms with Crippen molar-refractivity contribution in [1.82, 2.24) is 10.2 Å². The molecule has 1 heterocycles. The van der Waals surface area contributed by atoms with Gasteiger partial charge in [0.25, 0.3) is 0 Å². The number of likely N-dealkylation sites (tertiary alicyclic amines) is 1. The number of amides is 3. The first-order chi connectivity index (χ1) is 9.11. The monoisotopic (exact) mass is 285 g/mol. The van der Waals surface area contributed by atoms with Crippen LogP contribution in [0.1, 0.15) is 40.5 Å². The number of nitrogens with one attached hydrogen (secondary N) is 1. The molecule has 0 saturated carbocycles. The Morgan fingerprint density at radius 1 is 1.35 bits per heavy atom. The van der Waals surface area contributed by atoms with Crippen LogP contribution < -0.4 is 11.1 Å². The molecule has 7 nitrogen and oxygen atoms in total. The van der Waals surface area contributed by atoms with Gasteiger partial charge in [-0.2, -0.15) is 0 Å². The Labute approximate surface area is 118 Å². The number of rotatable bonds is 3. The van der Waals surface area contributed by atoms with E-state index in [-0.39, 0.29) is 5.91 Å². The van der Waals surface area contributed by atoms with Gasteiger partial charge in [0.15, 0.2) is 0 Å². The van der Waals surface area contributed by atoms with E-state index in [2.05, 4.69) is 5.32 Å². The largest absolute Gasteiger partial charge is 0.444 e. The van der Waals surface area contributed by atoms with E-state index in [4.69, 9.17) is 10.5 Å². The van der Waals surface area contributed by atoms with Crippen LogP contribution in [0.2, 0.25) is 0 Å². The molecule has 7 heteroatoms. The van der Waals surface area contributed by atoms with Gasteiger partial charge in [0.1, 0.15) is 17.7 Å². The summed E-state index contributed by atoms with van der Waals surface area (Å²) in [5.74, 6) is -0.986. The minimum Gasteiger partial charge on any atom is -0.444 e. The van der Waals surface area contributed by atoms with E-state index >= 15 is 0 Å². The normalized spacial score (nSPS) is 20.4. The maximum absolute atomic E-state index is 12.1. The third-order valence-electron chi connectivity index (χ3n) is 2.97. The number of carbonyl (C=O) groups excluding carboxylic acids is 3. The number of hydrogen-bond acceptors (Lipinski definition) is 4. The molecule has 3 N–H and O–H groups in total. The zero-order valence-electron chi connectivity index (χ0n) is 12.4. The lowest BCUT2D eigenvalue weighted by Gasteiger charge is -2.28. The standard InChI is InChI=1S/C13H23N3O4/c1-8(10(14)17)15-11(18)9-6-5-7-16(9)12(19)20-13(2,3)4/h8-9H,5-7H2,1-4H3,(H2,14,17)(H,15,18)/t8?,9-/m0/s1. The van der Waals surface area contributed by atoms with Crippen molar-refractivity contribution in [1.29, 1.82) is 0 Å². The lowest BCUT2D eigenvalue weighted by atomic mass is 10.2. The van der Waals surface area contributed by atoms with Crippen molar-refractivity contribution in [2.75, 3.05) is 6.54 Å². The van der Waals surface area contributed by atoms with E-state index in [9.17, 15) is 14.4 Å². The fourth-order valence-electron chi connectivity index (χ4n) is 1.96. The molecule has 0 radical (unpaired) electrons. The average molecular weight is 285 g/mol. The second-order valence-electron chi connectivity index (χ2n) is 5.96. The summed E-state index contributed by atoms with van der Waals surface area (Å²) < 4.78 is 5.27. The Morgan fingerprint density at radius 3 is 2.45 bits per heavy atom. The van der Waals surface area contributed by atoms with Crippen molar-refractivity contribution in [2.24, 2.45) is 5.73 Å². The first-order valence-corrected chi connectivity index (χ1v) is 6.71. The second-order valence-corrected chi connectivity index (χ2v) is 5.96. The second kappa shape index (κ2) is 6.11. The van der Waals surface area contributed by atoms with E-state index in [1.165, 1.54) is 11.8 Å². The summed E-state index contributed by atoms with van der Waals surface area (Å²) in [6.45, 7) is 7.28. The molecule has 0 aromatic rings. The molecule has 0 bridgehead atoms. The average Bonchev–Trinajstić information content (AvgIpc) is 2.74. The molecule has 0 aromatic carbocycles. The van der Waals surface area contributed by atoms with Crippen LogP contribution in [0.5, 0.6) is 0 Å². The van der Waals surface area contributed by atoms with Crippen LogP contribution in [0, 0.1) is 0 Å². The van der Waals surface area contributed by atoms with Crippen LogP contribution in [-0.2, 0) is 14.3 Å². The van der Waals surface area contributed by atoms with Gasteiger partial charge in [-0.15, -0.1) is 0 Å². The SMILES string of the molecule is CC(NC(=O)[C@@H]1CCCN1C(=O)OC(C)(C)C)C(N)=O. The van der Waals surface area contributed by atoms with Gasteiger partial charge in [-0.25, -0.2) is 4.79 Å². The van der Waals surface area contributed by atoms with Crippen molar-refractivity contribution in [3.8, 4) is 0 Å². The summed E-state index contributed by atoms with van der Waals surface area (Å²) in [7, 11) is 0. The minimum atomic E-state index is -0.761. The van der Waals surface area contributed by atoms with Crippen molar-refractivity contribution in [2.45, 2.75) is 58.2 Å². The number of carbonyl (C=O) groups is 3. The van der Waals surface area contributed by atoms with Gasteiger partial charge in [0, 0.05) is 6.54 Å². The number of primary amides is 1. The predicted octanol–water partition coefficient (Wildman–Crippen LogP) is 0.376. The van der Waals surface area contributed by atoms with Gasteiger partial charge in [-0.05, 0) is 40.5 Å². The first kappa shape index (κ1) is 16.3.